The lowest BCUT2D eigenvalue weighted by Gasteiger charge is -2.12. The van der Waals surface area contributed by atoms with E-state index in [4.69, 9.17) is 24.1 Å². The van der Waals surface area contributed by atoms with E-state index in [0.717, 1.165) is 0 Å². The van der Waals surface area contributed by atoms with Crippen LogP contribution in [0.4, 0.5) is 0 Å². The van der Waals surface area contributed by atoms with Crippen LogP contribution in [0.1, 0.15) is 12.8 Å². The highest BCUT2D eigenvalue weighted by atomic mass is 16.7. The zero-order valence-corrected chi connectivity index (χ0v) is 12.3. The maximum absolute atomic E-state index is 11.9. The number of hydrogen-bond acceptors (Lipinski definition) is 6. The van der Waals surface area contributed by atoms with Gasteiger partial charge in [0.1, 0.15) is 18.5 Å². The van der Waals surface area contributed by atoms with Crippen molar-refractivity contribution in [3.63, 3.8) is 0 Å². The first-order valence-corrected chi connectivity index (χ1v) is 7.32. The summed E-state index contributed by atoms with van der Waals surface area (Å²) in [5.74, 6) is 0.573. The van der Waals surface area contributed by atoms with Gasteiger partial charge >= 0.3 is 5.97 Å². The molecule has 3 rings (SSSR count). The Labute approximate surface area is 132 Å². The number of ether oxygens (including phenoxy) is 4. The lowest BCUT2D eigenvalue weighted by molar-refractivity contribution is -0.151. The van der Waals surface area contributed by atoms with Crippen LogP contribution in [-0.4, -0.2) is 49.1 Å². The number of carbonyl (C=O) groups is 2. The number of amides is 1. The number of carboxylic acid groups (broad SMARTS) is 1. The first-order chi connectivity index (χ1) is 11.1. The highest BCUT2D eigenvalue weighted by molar-refractivity contribution is 5.82. The van der Waals surface area contributed by atoms with Gasteiger partial charge in [-0.1, -0.05) is 0 Å². The lowest BCUT2D eigenvalue weighted by Crippen LogP contribution is -2.37. The number of nitrogens with one attached hydrogen (secondary N) is 1. The van der Waals surface area contributed by atoms with Gasteiger partial charge in [-0.25, -0.2) is 4.79 Å². The van der Waals surface area contributed by atoms with Gasteiger partial charge in [0.2, 0.25) is 12.7 Å². The van der Waals surface area contributed by atoms with Crippen molar-refractivity contribution in [1.29, 1.82) is 0 Å². The van der Waals surface area contributed by atoms with Crippen LogP contribution in [-0.2, 0) is 14.3 Å². The van der Waals surface area contributed by atoms with Gasteiger partial charge in [-0.3, -0.25) is 4.79 Å². The molecule has 124 valence electrons. The van der Waals surface area contributed by atoms with Gasteiger partial charge < -0.3 is 29.4 Å². The van der Waals surface area contributed by atoms with E-state index in [-0.39, 0.29) is 19.3 Å². The maximum Gasteiger partial charge on any atom is 0.332 e. The molecule has 0 spiro atoms. The summed E-state index contributed by atoms with van der Waals surface area (Å²) in [5, 5.41) is 11.5. The number of hydrogen-bond donors (Lipinski definition) is 2. The van der Waals surface area contributed by atoms with Gasteiger partial charge in [0.05, 0.1) is 6.54 Å². The second-order valence-electron chi connectivity index (χ2n) is 5.18. The number of carboxylic acids is 1. The van der Waals surface area contributed by atoms with Gasteiger partial charge in [0, 0.05) is 6.07 Å². The molecule has 1 saturated heterocycles. The third kappa shape index (κ3) is 3.65. The Morgan fingerprint density at radius 3 is 2.78 bits per heavy atom. The van der Waals surface area contributed by atoms with E-state index in [9.17, 15) is 9.59 Å². The zero-order chi connectivity index (χ0) is 16.2. The van der Waals surface area contributed by atoms with Crippen molar-refractivity contribution < 1.29 is 33.6 Å². The first kappa shape index (κ1) is 15.4. The van der Waals surface area contributed by atoms with Crippen LogP contribution < -0.4 is 19.5 Å². The van der Waals surface area contributed by atoms with Gasteiger partial charge in [-0.15, -0.1) is 0 Å². The zero-order valence-electron chi connectivity index (χ0n) is 12.3. The molecule has 0 aromatic heterocycles. The molecule has 2 aliphatic rings. The number of carbonyl (C=O) groups excluding carboxylic acids is 1. The molecule has 8 heteroatoms. The van der Waals surface area contributed by atoms with E-state index in [1.165, 1.54) is 0 Å². The number of rotatable bonds is 6. The molecule has 2 aliphatic heterocycles. The van der Waals surface area contributed by atoms with Crippen LogP contribution in [0.25, 0.3) is 0 Å². The molecule has 0 saturated carbocycles. The Kier molecular flexibility index (Phi) is 4.52. The minimum atomic E-state index is -1.04. The number of fused-ring (bicyclic) bond motifs is 1. The Morgan fingerprint density at radius 1 is 1.22 bits per heavy atom. The molecule has 1 amide bonds. The van der Waals surface area contributed by atoms with E-state index >= 15 is 0 Å². The molecule has 8 nitrogen and oxygen atoms in total. The smallest absolute Gasteiger partial charge is 0.332 e. The summed E-state index contributed by atoms with van der Waals surface area (Å²) in [4.78, 5) is 22.6. The summed E-state index contributed by atoms with van der Waals surface area (Å²) in [6.07, 6.45) is -0.843. The van der Waals surface area contributed by atoms with E-state index in [0.29, 0.717) is 36.6 Å². The Morgan fingerprint density at radius 2 is 2.00 bits per heavy atom. The Balaban J connectivity index is 1.38. The van der Waals surface area contributed by atoms with Gasteiger partial charge in [-0.2, -0.15) is 0 Å². The van der Waals surface area contributed by atoms with Crippen LogP contribution in [0, 0.1) is 0 Å². The second kappa shape index (κ2) is 6.74. The fraction of sp³-hybridized carbons (Fsp3) is 0.467. The fourth-order valence-corrected chi connectivity index (χ4v) is 2.44. The van der Waals surface area contributed by atoms with Crippen LogP contribution in [0.15, 0.2) is 18.2 Å². The van der Waals surface area contributed by atoms with Crippen molar-refractivity contribution in [3.8, 4) is 17.2 Å². The summed E-state index contributed by atoms with van der Waals surface area (Å²) in [7, 11) is 0. The quantitative estimate of drug-likeness (QED) is 0.737. The fourth-order valence-electron chi connectivity index (χ4n) is 2.44. The maximum atomic E-state index is 11.9. The number of aliphatic carboxylic acids is 1. The highest BCUT2D eigenvalue weighted by Crippen LogP contribution is 2.34. The summed E-state index contributed by atoms with van der Waals surface area (Å²) in [6.45, 7) is 0.777. The standard InChI is InChI=1S/C15H17NO7/c17-14(11-3-4-12(23-11)15(18)19)16-5-6-20-9-1-2-10-13(7-9)22-8-21-10/h1-2,7,11-12H,3-6,8H2,(H,16,17)(H,18,19)/t11-,12+/m0/s1. The van der Waals surface area contributed by atoms with Crippen LogP contribution in [0.2, 0.25) is 0 Å². The minimum absolute atomic E-state index is 0.202. The topological polar surface area (TPSA) is 103 Å². The average molecular weight is 323 g/mol. The molecule has 0 radical (unpaired) electrons. The largest absolute Gasteiger partial charge is 0.492 e. The molecule has 2 N–H and O–H groups in total. The molecule has 23 heavy (non-hydrogen) atoms. The van der Waals surface area contributed by atoms with Crippen molar-refractivity contribution in [1.82, 2.24) is 5.32 Å². The van der Waals surface area contributed by atoms with Crippen molar-refractivity contribution >= 4 is 11.9 Å². The Hall–Kier alpha value is -2.48. The van der Waals surface area contributed by atoms with E-state index in [1.54, 1.807) is 18.2 Å². The molecule has 1 aromatic carbocycles. The highest BCUT2D eigenvalue weighted by Gasteiger charge is 2.34. The third-order valence-electron chi connectivity index (χ3n) is 3.60. The molecule has 2 heterocycles. The van der Waals surface area contributed by atoms with Crippen molar-refractivity contribution in [2.45, 2.75) is 25.0 Å². The Bertz CT molecular complexity index is 603. The van der Waals surface area contributed by atoms with Crippen LogP contribution >= 0.6 is 0 Å². The molecule has 0 unspecified atom stereocenters. The predicted octanol–water partition coefficient (Wildman–Crippen LogP) is 0.542. The molecule has 0 aliphatic carbocycles. The third-order valence-corrected chi connectivity index (χ3v) is 3.60. The van der Waals surface area contributed by atoms with Gasteiger partial charge in [-0.05, 0) is 25.0 Å². The molecule has 2 atom stereocenters. The first-order valence-electron chi connectivity index (χ1n) is 7.32. The molecule has 1 fully saturated rings. The average Bonchev–Trinajstić information content (AvgIpc) is 3.19. The van der Waals surface area contributed by atoms with Gasteiger partial charge in [0.25, 0.3) is 0 Å². The normalized spacial score (nSPS) is 21.9. The molecule has 0 bridgehead atoms. The minimum Gasteiger partial charge on any atom is -0.492 e. The predicted molar refractivity (Wildman–Crippen MR) is 76.6 cm³/mol. The van der Waals surface area contributed by atoms with Crippen molar-refractivity contribution in [2.24, 2.45) is 0 Å². The monoisotopic (exact) mass is 323 g/mol. The van der Waals surface area contributed by atoms with E-state index in [1.807, 2.05) is 0 Å². The summed E-state index contributed by atoms with van der Waals surface area (Å²) < 4.78 is 21.1. The van der Waals surface area contributed by atoms with Crippen LogP contribution in [0.3, 0.4) is 0 Å². The lowest BCUT2D eigenvalue weighted by atomic mass is 10.2. The number of benzene rings is 1. The molecule has 1 aromatic rings. The summed E-state index contributed by atoms with van der Waals surface area (Å²) in [6, 6.07) is 5.24. The second-order valence-corrected chi connectivity index (χ2v) is 5.18. The van der Waals surface area contributed by atoms with E-state index < -0.39 is 18.2 Å². The summed E-state index contributed by atoms with van der Waals surface area (Å²) in [5.41, 5.74) is 0. The summed E-state index contributed by atoms with van der Waals surface area (Å²) >= 11 is 0. The van der Waals surface area contributed by atoms with Crippen molar-refractivity contribution in [2.75, 3.05) is 19.9 Å². The molecular formula is C15H17NO7. The van der Waals surface area contributed by atoms with Gasteiger partial charge in [0.15, 0.2) is 17.6 Å². The van der Waals surface area contributed by atoms with Crippen LogP contribution in [0.5, 0.6) is 17.2 Å². The van der Waals surface area contributed by atoms with E-state index in [2.05, 4.69) is 5.32 Å². The SMILES string of the molecule is O=C(NCCOc1ccc2c(c1)OCO2)[C@@H]1CC[C@H](C(=O)O)O1. The molecular weight excluding hydrogens is 306 g/mol. The van der Waals surface area contributed by atoms with Crippen molar-refractivity contribution in [3.05, 3.63) is 18.2 Å².